The molecule has 0 bridgehead atoms. The van der Waals surface area contributed by atoms with E-state index in [0.29, 0.717) is 29.6 Å². The van der Waals surface area contributed by atoms with Gasteiger partial charge < -0.3 is 20.5 Å². The minimum Gasteiger partial charge on any atom is -0.492 e. The lowest BCUT2D eigenvalue weighted by molar-refractivity contribution is 0.168. The SMILES string of the molecule is Nc1cc(Cl)c(Br)cc1OC=C1CNCCO1. The molecule has 0 saturated carbocycles. The monoisotopic (exact) mass is 318 g/mol. The van der Waals surface area contributed by atoms with Crippen LogP contribution in [0.15, 0.2) is 28.6 Å². The van der Waals surface area contributed by atoms with Crippen molar-refractivity contribution in [3.63, 3.8) is 0 Å². The second-order valence-corrected chi connectivity index (χ2v) is 4.79. The minimum atomic E-state index is 0.485. The molecule has 0 aliphatic carbocycles. The first-order valence-electron chi connectivity index (χ1n) is 5.10. The Balaban J connectivity index is 2.10. The summed E-state index contributed by atoms with van der Waals surface area (Å²) < 4.78 is 11.6. The molecule has 0 radical (unpaired) electrons. The number of ether oxygens (including phenoxy) is 2. The maximum absolute atomic E-state index is 5.90. The summed E-state index contributed by atoms with van der Waals surface area (Å²) in [6, 6.07) is 3.37. The average molecular weight is 320 g/mol. The van der Waals surface area contributed by atoms with Crippen LogP contribution in [0.2, 0.25) is 5.02 Å². The number of nitrogen functional groups attached to an aromatic ring is 1. The third kappa shape index (κ3) is 3.28. The smallest absolute Gasteiger partial charge is 0.150 e. The normalized spacial score (nSPS) is 17.9. The second kappa shape index (κ2) is 5.62. The van der Waals surface area contributed by atoms with Crippen molar-refractivity contribution in [2.45, 2.75) is 0 Å². The summed E-state index contributed by atoms with van der Waals surface area (Å²) in [5.74, 6) is 1.30. The van der Waals surface area contributed by atoms with Crippen LogP contribution in [-0.4, -0.2) is 19.7 Å². The molecule has 3 N–H and O–H groups in total. The molecule has 1 aliphatic rings. The van der Waals surface area contributed by atoms with E-state index in [4.69, 9.17) is 26.8 Å². The third-order valence-electron chi connectivity index (χ3n) is 2.24. The highest BCUT2D eigenvalue weighted by Crippen LogP contribution is 2.32. The van der Waals surface area contributed by atoms with Crippen LogP contribution in [0.4, 0.5) is 5.69 Å². The fourth-order valence-corrected chi connectivity index (χ4v) is 1.86. The van der Waals surface area contributed by atoms with Gasteiger partial charge in [0.2, 0.25) is 0 Å². The summed E-state index contributed by atoms with van der Waals surface area (Å²) in [5, 5.41) is 3.73. The molecule has 1 saturated heterocycles. The highest BCUT2D eigenvalue weighted by molar-refractivity contribution is 9.10. The van der Waals surface area contributed by atoms with Gasteiger partial charge in [0.25, 0.3) is 0 Å². The fourth-order valence-electron chi connectivity index (χ4n) is 1.37. The van der Waals surface area contributed by atoms with Crippen molar-refractivity contribution in [3.05, 3.63) is 33.6 Å². The molecule has 0 unspecified atom stereocenters. The van der Waals surface area contributed by atoms with Crippen molar-refractivity contribution in [1.82, 2.24) is 5.32 Å². The Bertz CT molecular complexity index is 443. The number of nitrogens with one attached hydrogen (secondary N) is 1. The second-order valence-electron chi connectivity index (χ2n) is 3.53. The summed E-state index contributed by atoms with van der Waals surface area (Å²) in [6.45, 7) is 2.16. The molecular weight excluding hydrogens is 307 g/mol. The van der Waals surface area contributed by atoms with Gasteiger partial charge in [-0.15, -0.1) is 0 Å². The molecule has 0 aromatic heterocycles. The molecule has 0 amide bonds. The van der Waals surface area contributed by atoms with E-state index in [-0.39, 0.29) is 0 Å². The van der Waals surface area contributed by atoms with Crippen LogP contribution in [0.3, 0.4) is 0 Å². The van der Waals surface area contributed by atoms with Crippen molar-refractivity contribution < 1.29 is 9.47 Å². The number of rotatable bonds is 2. The highest BCUT2D eigenvalue weighted by atomic mass is 79.9. The van der Waals surface area contributed by atoms with Crippen molar-refractivity contribution in [3.8, 4) is 5.75 Å². The zero-order valence-corrected chi connectivity index (χ0v) is 11.3. The Morgan fingerprint density at radius 1 is 1.53 bits per heavy atom. The maximum Gasteiger partial charge on any atom is 0.150 e. The molecule has 2 rings (SSSR count). The molecule has 1 aromatic carbocycles. The van der Waals surface area contributed by atoms with Crippen LogP contribution in [0.5, 0.6) is 5.75 Å². The van der Waals surface area contributed by atoms with E-state index in [1.54, 1.807) is 18.4 Å². The number of halogens is 2. The lowest BCUT2D eigenvalue weighted by Crippen LogP contribution is -2.29. The Hall–Kier alpha value is -0.910. The first-order chi connectivity index (χ1) is 8.16. The summed E-state index contributed by atoms with van der Waals surface area (Å²) in [5.41, 5.74) is 6.27. The Kier molecular flexibility index (Phi) is 4.15. The standard InChI is InChI=1S/C11H12BrClN2O2/c12-8-3-11(10(14)4-9(8)13)17-6-7-5-15-1-2-16-7/h3-4,6,15H,1-2,5,14H2. The van der Waals surface area contributed by atoms with Gasteiger partial charge in [0, 0.05) is 11.0 Å². The van der Waals surface area contributed by atoms with Gasteiger partial charge in [-0.25, -0.2) is 0 Å². The van der Waals surface area contributed by atoms with E-state index < -0.39 is 0 Å². The zero-order chi connectivity index (χ0) is 12.3. The molecule has 6 heteroatoms. The molecule has 0 atom stereocenters. The maximum atomic E-state index is 5.90. The van der Waals surface area contributed by atoms with E-state index in [0.717, 1.165) is 16.8 Å². The minimum absolute atomic E-state index is 0.485. The van der Waals surface area contributed by atoms with Gasteiger partial charge in [0.1, 0.15) is 18.6 Å². The summed E-state index contributed by atoms with van der Waals surface area (Å²) in [7, 11) is 0. The largest absolute Gasteiger partial charge is 0.492 e. The van der Waals surface area contributed by atoms with Crippen LogP contribution in [0, 0.1) is 0 Å². The fraction of sp³-hybridized carbons (Fsp3) is 0.273. The van der Waals surface area contributed by atoms with Crippen LogP contribution >= 0.6 is 27.5 Å². The van der Waals surface area contributed by atoms with Crippen LogP contribution < -0.4 is 15.8 Å². The van der Waals surface area contributed by atoms with Gasteiger partial charge >= 0.3 is 0 Å². The van der Waals surface area contributed by atoms with E-state index in [1.165, 1.54) is 0 Å². The van der Waals surface area contributed by atoms with Crippen molar-refractivity contribution >= 4 is 33.2 Å². The molecule has 1 fully saturated rings. The van der Waals surface area contributed by atoms with Gasteiger partial charge in [0.05, 0.1) is 17.3 Å². The van der Waals surface area contributed by atoms with Crippen LogP contribution in [0.25, 0.3) is 0 Å². The number of morpholine rings is 1. The van der Waals surface area contributed by atoms with Crippen molar-refractivity contribution in [2.24, 2.45) is 0 Å². The van der Waals surface area contributed by atoms with E-state index in [1.807, 2.05) is 0 Å². The summed E-state index contributed by atoms with van der Waals surface area (Å²) in [4.78, 5) is 0. The first kappa shape index (κ1) is 12.5. The Morgan fingerprint density at radius 3 is 3.06 bits per heavy atom. The zero-order valence-electron chi connectivity index (χ0n) is 9.00. The van der Waals surface area contributed by atoms with E-state index >= 15 is 0 Å². The molecule has 92 valence electrons. The molecule has 17 heavy (non-hydrogen) atoms. The number of nitrogens with two attached hydrogens (primary N) is 1. The molecule has 1 aromatic rings. The lowest BCUT2D eigenvalue weighted by Gasteiger charge is -2.17. The van der Waals surface area contributed by atoms with Gasteiger partial charge in [0.15, 0.2) is 5.75 Å². The van der Waals surface area contributed by atoms with E-state index in [2.05, 4.69) is 21.2 Å². The quantitative estimate of drug-likeness (QED) is 0.650. The highest BCUT2D eigenvalue weighted by Gasteiger charge is 2.08. The first-order valence-corrected chi connectivity index (χ1v) is 6.27. The summed E-state index contributed by atoms with van der Waals surface area (Å²) in [6.07, 6.45) is 1.55. The average Bonchev–Trinajstić information content (AvgIpc) is 2.33. The number of hydrogen-bond acceptors (Lipinski definition) is 4. The molecule has 4 nitrogen and oxygen atoms in total. The van der Waals surface area contributed by atoms with E-state index in [9.17, 15) is 0 Å². The molecule has 1 heterocycles. The topological polar surface area (TPSA) is 56.5 Å². The van der Waals surface area contributed by atoms with Crippen LogP contribution in [0.1, 0.15) is 0 Å². The van der Waals surface area contributed by atoms with Crippen molar-refractivity contribution in [1.29, 1.82) is 0 Å². The number of hydrogen-bond donors (Lipinski definition) is 2. The molecular formula is C11H12BrClN2O2. The summed E-state index contributed by atoms with van der Waals surface area (Å²) >= 11 is 9.22. The Morgan fingerprint density at radius 2 is 2.35 bits per heavy atom. The Labute approximate surface area is 113 Å². The van der Waals surface area contributed by atoms with Gasteiger partial charge in [-0.2, -0.15) is 0 Å². The van der Waals surface area contributed by atoms with Gasteiger partial charge in [-0.1, -0.05) is 11.6 Å². The van der Waals surface area contributed by atoms with Gasteiger partial charge in [-0.3, -0.25) is 0 Å². The van der Waals surface area contributed by atoms with Crippen molar-refractivity contribution in [2.75, 3.05) is 25.4 Å². The lowest BCUT2D eigenvalue weighted by atomic mass is 10.3. The molecule has 0 spiro atoms. The number of anilines is 1. The predicted molar refractivity (Wildman–Crippen MR) is 71.1 cm³/mol. The van der Waals surface area contributed by atoms with Gasteiger partial charge in [-0.05, 0) is 28.1 Å². The molecule has 1 aliphatic heterocycles. The van der Waals surface area contributed by atoms with Crippen LogP contribution in [-0.2, 0) is 4.74 Å². The third-order valence-corrected chi connectivity index (χ3v) is 3.43. The number of benzene rings is 1. The predicted octanol–water partition coefficient (Wildman–Crippen LogP) is 2.52.